The number of alkyl carbamates (subject to hydrolysis) is 1. The second-order valence-electron chi connectivity index (χ2n) is 9.04. The van der Waals surface area contributed by atoms with Gasteiger partial charge in [-0.15, -0.1) is 0 Å². The van der Waals surface area contributed by atoms with Gasteiger partial charge in [-0.25, -0.2) is 4.79 Å². The molecule has 6 nitrogen and oxygen atoms in total. The summed E-state index contributed by atoms with van der Waals surface area (Å²) < 4.78 is 5.29. The largest absolute Gasteiger partial charge is 0.444 e. The Kier molecular flexibility index (Phi) is 9.55. The van der Waals surface area contributed by atoms with Crippen LogP contribution in [0.15, 0.2) is 70.9 Å². The topological polar surface area (TPSA) is 89.6 Å². The quantitative estimate of drug-likeness (QED) is 0.407. The fraction of sp³-hybridized carbons (Fsp3) is 0.370. The van der Waals surface area contributed by atoms with Crippen molar-refractivity contribution in [2.24, 2.45) is 10.7 Å². The number of nitrogens with zero attached hydrogens (tertiary/aromatic N) is 2. The van der Waals surface area contributed by atoms with E-state index in [4.69, 9.17) is 15.5 Å². The Morgan fingerprint density at radius 3 is 2.48 bits per heavy atom. The van der Waals surface area contributed by atoms with Crippen molar-refractivity contribution in [2.45, 2.75) is 60.1 Å². The Balaban J connectivity index is 2.26. The summed E-state index contributed by atoms with van der Waals surface area (Å²) in [5.41, 5.74) is 12.2. The third kappa shape index (κ3) is 9.02. The first-order chi connectivity index (χ1) is 15.6. The van der Waals surface area contributed by atoms with Gasteiger partial charge >= 0.3 is 6.09 Å². The van der Waals surface area contributed by atoms with Crippen LogP contribution in [0.3, 0.4) is 0 Å². The predicted molar refractivity (Wildman–Crippen MR) is 136 cm³/mol. The van der Waals surface area contributed by atoms with Gasteiger partial charge in [0, 0.05) is 31.4 Å². The summed E-state index contributed by atoms with van der Waals surface area (Å²) in [6.45, 7) is 12.3. The van der Waals surface area contributed by atoms with Crippen LogP contribution in [0.4, 0.5) is 10.5 Å². The Hall–Kier alpha value is -3.25. The van der Waals surface area contributed by atoms with Gasteiger partial charge in [-0.3, -0.25) is 9.98 Å². The second kappa shape index (κ2) is 12.1. The summed E-state index contributed by atoms with van der Waals surface area (Å²) in [5.74, 6) is 0. The Morgan fingerprint density at radius 2 is 1.85 bits per heavy atom. The van der Waals surface area contributed by atoms with Crippen molar-refractivity contribution in [3.8, 4) is 0 Å². The number of allylic oxidation sites excluding steroid dienone is 3. The van der Waals surface area contributed by atoms with Gasteiger partial charge < -0.3 is 15.8 Å². The Labute approximate surface area is 197 Å². The van der Waals surface area contributed by atoms with E-state index in [0.717, 1.165) is 33.8 Å². The number of amides is 1. The van der Waals surface area contributed by atoms with Gasteiger partial charge in [0.2, 0.25) is 0 Å². The minimum absolute atomic E-state index is 0.380. The average molecular weight is 449 g/mol. The number of aliphatic imine (C=N–C) groups is 1. The van der Waals surface area contributed by atoms with Crippen LogP contribution in [0.5, 0.6) is 0 Å². The van der Waals surface area contributed by atoms with Crippen molar-refractivity contribution in [3.05, 3.63) is 82.7 Å². The lowest BCUT2D eigenvalue weighted by Crippen LogP contribution is -2.33. The summed E-state index contributed by atoms with van der Waals surface area (Å²) >= 11 is 0. The van der Waals surface area contributed by atoms with Crippen molar-refractivity contribution >= 4 is 17.5 Å². The number of nitrogens with one attached hydrogen (secondary N) is 1. The Morgan fingerprint density at radius 1 is 1.15 bits per heavy atom. The van der Waals surface area contributed by atoms with Crippen molar-refractivity contribution in [1.29, 1.82) is 0 Å². The molecule has 6 heteroatoms. The van der Waals surface area contributed by atoms with Crippen LogP contribution in [0.25, 0.3) is 0 Å². The minimum atomic E-state index is -0.518. The smallest absolute Gasteiger partial charge is 0.407 e. The first-order valence-corrected chi connectivity index (χ1v) is 11.2. The molecule has 176 valence electrons. The molecule has 0 saturated heterocycles. The van der Waals surface area contributed by atoms with Crippen LogP contribution in [0, 0.1) is 6.92 Å². The number of hydrogen-bond donors (Lipinski definition) is 2. The molecule has 1 aromatic carbocycles. The first kappa shape index (κ1) is 26.0. The maximum atomic E-state index is 11.9. The van der Waals surface area contributed by atoms with Crippen LogP contribution in [-0.2, 0) is 17.7 Å². The minimum Gasteiger partial charge on any atom is -0.444 e. The monoisotopic (exact) mass is 448 g/mol. The van der Waals surface area contributed by atoms with Crippen LogP contribution in [0.1, 0.15) is 51.4 Å². The summed E-state index contributed by atoms with van der Waals surface area (Å²) in [7, 11) is 0. The molecule has 0 bridgehead atoms. The van der Waals surface area contributed by atoms with E-state index in [2.05, 4.69) is 22.4 Å². The Bertz CT molecular complexity index is 1030. The van der Waals surface area contributed by atoms with E-state index in [-0.39, 0.29) is 0 Å². The highest BCUT2D eigenvalue weighted by atomic mass is 16.6. The number of ether oxygens (including phenoxy) is 1. The molecular formula is C27H36N4O2. The van der Waals surface area contributed by atoms with Crippen LogP contribution in [0.2, 0.25) is 0 Å². The van der Waals surface area contributed by atoms with Crippen LogP contribution >= 0.6 is 0 Å². The number of rotatable bonds is 8. The maximum absolute atomic E-state index is 11.9. The summed E-state index contributed by atoms with van der Waals surface area (Å²) in [6, 6.07) is 12.2. The van der Waals surface area contributed by atoms with Crippen molar-refractivity contribution in [3.63, 3.8) is 0 Å². The van der Waals surface area contributed by atoms with Gasteiger partial charge in [-0.2, -0.15) is 0 Å². The summed E-state index contributed by atoms with van der Waals surface area (Å²) in [6.07, 6.45) is 6.06. The molecule has 0 spiro atoms. The number of aromatic nitrogens is 1. The highest BCUT2D eigenvalue weighted by Gasteiger charge is 2.15. The molecule has 33 heavy (non-hydrogen) atoms. The van der Waals surface area contributed by atoms with E-state index in [1.54, 1.807) is 6.20 Å². The molecule has 0 aliphatic carbocycles. The van der Waals surface area contributed by atoms with Gasteiger partial charge in [-0.05, 0) is 64.3 Å². The number of pyridine rings is 1. The van der Waals surface area contributed by atoms with Gasteiger partial charge in [0.05, 0.1) is 11.4 Å². The van der Waals surface area contributed by atoms with Gasteiger partial charge in [0.25, 0.3) is 0 Å². The van der Waals surface area contributed by atoms with Gasteiger partial charge in [-0.1, -0.05) is 48.1 Å². The maximum Gasteiger partial charge on any atom is 0.407 e. The number of hydrogen-bond acceptors (Lipinski definition) is 5. The third-order valence-electron chi connectivity index (χ3n) is 4.93. The second-order valence-corrected chi connectivity index (χ2v) is 9.04. The predicted octanol–water partition coefficient (Wildman–Crippen LogP) is 5.58. The molecule has 1 heterocycles. The molecule has 3 N–H and O–H groups in total. The molecule has 2 rings (SSSR count). The molecule has 1 aromatic heterocycles. The average Bonchev–Trinajstić information content (AvgIpc) is 2.76. The lowest BCUT2D eigenvalue weighted by atomic mass is 10.0. The number of carbonyl (C=O) groups is 1. The van der Waals surface area contributed by atoms with Gasteiger partial charge in [0.1, 0.15) is 5.60 Å². The lowest BCUT2D eigenvalue weighted by molar-refractivity contribution is 0.0532. The van der Waals surface area contributed by atoms with E-state index in [0.29, 0.717) is 19.5 Å². The van der Waals surface area contributed by atoms with E-state index in [1.807, 2.05) is 78.0 Å². The summed E-state index contributed by atoms with van der Waals surface area (Å²) in [5, 5.41) is 2.78. The van der Waals surface area contributed by atoms with Gasteiger partial charge in [0.15, 0.2) is 0 Å². The SMILES string of the molecule is C/C(=C\C=C(/C)C(Cc1ccccc1)=Nc1ccnc(CN)c1C)CNC(=O)OC(C)(C)C. The zero-order valence-electron chi connectivity index (χ0n) is 20.6. The zero-order chi connectivity index (χ0) is 24.4. The van der Waals surface area contributed by atoms with Crippen LogP contribution < -0.4 is 11.1 Å². The number of carbonyl (C=O) groups excluding carboxylic acids is 1. The van der Waals surface area contributed by atoms with E-state index in [9.17, 15) is 4.79 Å². The standard InChI is InChI=1S/C27H36N4O2/c1-19(18-30-26(32)33-27(4,5)6)12-13-20(2)24(16-22-10-8-7-9-11-22)31-23-14-15-29-25(17-28)21(23)3/h7-15H,16-18,28H2,1-6H3,(H,30,32)/b19-12+,20-13+,31-24?. The molecule has 0 fully saturated rings. The molecule has 0 aliphatic rings. The molecule has 0 atom stereocenters. The lowest BCUT2D eigenvalue weighted by Gasteiger charge is -2.19. The van der Waals surface area contributed by atoms with E-state index >= 15 is 0 Å². The van der Waals surface area contributed by atoms with Crippen molar-refractivity contribution < 1.29 is 9.53 Å². The first-order valence-electron chi connectivity index (χ1n) is 11.2. The fourth-order valence-corrected chi connectivity index (χ4v) is 3.04. The molecule has 2 aromatic rings. The van der Waals surface area contributed by atoms with E-state index in [1.165, 1.54) is 5.56 Å². The molecule has 1 amide bonds. The zero-order valence-corrected chi connectivity index (χ0v) is 20.6. The van der Waals surface area contributed by atoms with Crippen molar-refractivity contribution in [1.82, 2.24) is 10.3 Å². The molecule has 0 aliphatic heterocycles. The fourth-order valence-electron chi connectivity index (χ4n) is 3.04. The molecule has 0 unspecified atom stereocenters. The third-order valence-corrected chi connectivity index (χ3v) is 4.93. The normalized spacial score (nSPS) is 13.1. The molecule has 0 saturated carbocycles. The number of benzene rings is 1. The summed E-state index contributed by atoms with van der Waals surface area (Å²) in [4.78, 5) is 21.2. The molecule has 0 radical (unpaired) electrons. The highest BCUT2D eigenvalue weighted by molar-refractivity contribution is 6.02. The van der Waals surface area contributed by atoms with Crippen LogP contribution in [-0.4, -0.2) is 28.9 Å². The number of nitrogens with two attached hydrogens (primary N) is 1. The molecular weight excluding hydrogens is 412 g/mol. The van der Waals surface area contributed by atoms with Crippen molar-refractivity contribution in [2.75, 3.05) is 6.54 Å². The van der Waals surface area contributed by atoms with E-state index < -0.39 is 11.7 Å². The highest BCUT2D eigenvalue weighted by Crippen LogP contribution is 2.22.